The summed E-state index contributed by atoms with van der Waals surface area (Å²) in [6.45, 7) is 9.79. The molecule has 2 saturated heterocycles. The van der Waals surface area contributed by atoms with Crippen LogP contribution >= 0.6 is 0 Å². The van der Waals surface area contributed by atoms with E-state index in [1.807, 2.05) is 10.4 Å². The van der Waals surface area contributed by atoms with Gasteiger partial charge in [0.25, 0.3) is 0 Å². The Bertz CT molecular complexity index is 687. The van der Waals surface area contributed by atoms with E-state index in [9.17, 15) is 0 Å². The summed E-state index contributed by atoms with van der Waals surface area (Å²) < 4.78 is 1.01. The molecule has 0 nitrogen and oxygen atoms in total. The predicted molar refractivity (Wildman–Crippen MR) is 131 cm³/mol. The van der Waals surface area contributed by atoms with Gasteiger partial charge in [0.1, 0.15) is 0 Å². The molecule has 0 aromatic rings. The maximum Gasteiger partial charge on any atom is -1.00 e. The molecule has 0 saturated carbocycles. The fourth-order valence-electron chi connectivity index (χ4n) is 6.62. The molecule has 0 radical (unpaired) electrons. The fourth-order valence-corrected chi connectivity index (χ4v) is 23.9. The van der Waals surface area contributed by atoms with E-state index in [0.717, 1.165) is 0 Å². The van der Waals surface area contributed by atoms with Crippen LogP contribution in [-0.4, -0.2) is 16.1 Å². The third kappa shape index (κ3) is 5.11. The van der Waals surface area contributed by atoms with E-state index in [-0.39, 0.29) is 24.8 Å². The number of allylic oxidation sites excluding steroid dienone is 8. The van der Waals surface area contributed by atoms with E-state index in [1.165, 1.54) is 38.5 Å². The summed E-state index contributed by atoms with van der Waals surface area (Å²) >= 11 is -0.951. The summed E-state index contributed by atoms with van der Waals surface area (Å²) in [6, 6.07) is 9.42. The van der Waals surface area contributed by atoms with E-state index >= 15 is 0 Å². The minimum atomic E-state index is -1.08. The van der Waals surface area contributed by atoms with Gasteiger partial charge in [0.2, 0.25) is 0 Å². The van der Waals surface area contributed by atoms with Gasteiger partial charge in [-0.2, -0.15) is 0 Å². The molecule has 0 aromatic heterocycles. The van der Waals surface area contributed by atoms with Crippen molar-refractivity contribution >= 4 is 16.1 Å². The molecular weight excluding hydrogens is 618 g/mol. The Hall–Kier alpha value is 0.844. The largest absolute Gasteiger partial charge is 1.00 e. The van der Waals surface area contributed by atoms with Crippen LogP contribution in [-0.2, 0) is 22.9 Å². The number of hydrogen-bond acceptors (Lipinski definition) is 0. The molecule has 0 amide bonds. The van der Waals surface area contributed by atoms with E-state index in [2.05, 4.69) is 64.2 Å². The van der Waals surface area contributed by atoms with Crippen LogP contribution in [0.1, 0.15) is 66.2 Å². The Morgan fingerprint density at radius 1 is 0.710 bits per heavy atom. The van der Waals surface area contributed by atoms with Crippen LogP contribution in [0.3, 0.4) is 0 Å². The van der Waals surface area contributed by atoms with Crippen LogP contribution in [0.15, 0.2) is 46.8 Å². The van der Waals surface area contributed by atoms with Gasteiger partial charge in [-0.3, -0.25) is 0 Å². The molecule has 2 heterocycles. The summed E-state index contributed by atoms with van der Waals surface area (Å²) in [6.07, 6.45) is 25.1. The fraction of sp³-hybridized carbons (Fsp3) is 0.692. The molecule has 2 atom stereocenters. The predicted octanol–water partition coefficient (Wildman–Crippen LogP) is 2.81. The molecule has 0 spiro atoms. The van der Waals surface area contributed by atoms with Gasteiger partial charge in [0, 0.05) is 0 Å². The summed E-state index contributed by atoms with van der Waals surface area (Å²) in [5, 5.41) is 3.77. The first kappa shape index (κ1) is 28.1. The summed E-state index contributed by atoms with van der Waals surface area (Å²) in [7, 11) is -2.15. The van der Waals surface area contributed by atoms with Crippen LogP contribution < -0.4 is 24.8 Å². The van der Waals surface area contributed by atoms with Crippen LogP contribution in [0.4, 0.5) is 0 Å². The van der Waals surface area contributed by atoms with Crippen molar-refractivity contribution in [2.45, 2.75) is 109 Å². The van der Waals surface area contributed by atoms with E-state index in [4.69, 9.17) is 0 Å². The second-order valence-corrected chi connectivity index (χ2v) is 27.4. The van der Waals surface area contributed by atoms with Gasteiger partial charge in [-0.25, -0.2) is 0 Å². The Morgan fingerprint density at radius 2 is 1.10 bits per heavy atom. The van der Waals surface area contributed by atoms with Gasteiger partial charge in [-0.1, -0.05) is 0 Å². The Labute approximate surface area is 218 Å². The molecule has 2 aliphatic heterocycles. The number of hydrogen-bond donors (Lipinski definition) is 0. The second-order valence-electron chi connectivity index (χ2n) is 10.5. The first-order valence-electron chi connectivity index (χ1n) is 12.6. The zero-order valence-electron chi connectivity index (χ0n) is 20.2. The van der Waals surface area contributed by atoms with E-state index in [1.54, 1.807) is 36.3 Å². The monoisotopic (exact) mass is 660 g/mol. The van der Waals surface area contributed by atoms with Crippen LogP contribution in [0.25, 0.3) is 0 Å². The summed E-state index contributed by atoms with van der Waals surface area (Å²) in [5.74, 6) is 0. The minimum absolute atomic E-state index is 0. The standard InChI is InChI=1S/2C13H21Si.2ClH.Hf/c2*1-3-8-14(9-5-10-14)13-7-6-12(4-2)11-13;;;/h2*6-7,11H,3-5,8-10H2,1-2H3;2*1H;/q;;;;+2/p-2. The average Bonchev–Trinajstić information content (AvgIpc) is 3.27. The maximum absolute atomic E-state index is 2.89. The smallest absolute Gasteiger partial charge is 1.00 e. The molecule has 2 aliphatic carbocycles. The molecule has 31 heavy (non-hydrogen) atoms. The molecule has 172 valence electrons. The van der Waals surface area contributed by atoms with Crippen molar-refractivity contribution in [2.24, 2.45) is 0 Å². The molecule has 4 rings (SSSR count). The van der Waals surface area contributed by atoms with Crippen LogP contribution in [0.2, 0.25) is 42.6 Å². The Balaban J connectivity index is 0.00000171. The average molecular weight is 660 g/mol. The molecule has 0 N–H and O–H groups in total. The third-order valence-electron chi connectivity index (χ3n) is 8.89. The van der Waals surface area contributed by atoms with Gasteiger partial charge in [0.05, 0.1) is 0 Å². The minimum Gasteiger partial charge on any atom is -1.00 e. The topological polar surface area (TPSA) is 0 Å². The van der Waals surface area contributed by atoms with Crippen molar-refractivity contribution in [3.05, 3.63) is 46.8 Å². The zero-order valence-corrected chi connectivity index (χ0v) is 27.3. The zero-order chi connectivity index (χ0) is 20.6. The van der Waals surface area contributed by atoms with Crippen molar-refractivity contribution in [2.75, 3.05) is 0 Å². The second kappa shape index (κ2) is 11.1. The molecule has 2 fully saturated rings. The first-order chi connectivity index (χ1) is 14.0. The molecule has 4 aliphatic rings. The van der Waals surface area contributed by atoms with E-state index in [0.29, 0.717) is 6.34 Å². The van der Waals surface area contributed by atoms with Gasteiger partial charge in [0.15, 0.2) is 0 Å². The third-order valence-corrected chi connectivity index (χ3v) is 28.2. The van der Waals surface area contributed by atoms with Gasteiger partial charge >= 0.3 is 195 Å². The van der Waals surface area contributed by atoms with Crippen LogP contribution in [0.5, 0.6) is 0 Å². The quantitative estimate of drug-likeness (QED) is 0.317. The normalized spacial score (nSPS) is 31.5. The number of halogens is 2. The first-order valence-corrected chi connectivity index (χ1v) is 21.5. The van der Waals surface area contributed by atoms with Gasteiger partial charge in [-0.15, -0.1) is 0 Å². The Morgan fingerprint density at radius 3 is 1.35 bits per heavy atom. The number of rotatable bonds is 10. The van der Waals surface area contributed by atoms with Crippen molar-refractivity contribution in [1.82, 2.24) is 0 Å². The Kier molecular flexibility index (Phi) is 10.0. The van der Waals surface area contributed by atoms with Crippen molar-refractivity contribution < 1.29 is 47.7 Å². The molecule has 2 unspecified atom stereocenters. The molecule has 0 aromatic carbocycles. The molecular formula is C26H42Cl2HfSi2. The van der Waals surface area contributed by atoms with Gasteiger partial charge < -0.3 is 24.8 Å². The van der Waals surface area contributed by atoms with E-state index < -0.39 is 39.1 Å². The van der Waals surface area contributed by atoms with Crippen molar-refractivity contribution in [3.8, 4) is 0 Å². The van der Waals surface area contributed by atoms with Crippen molar-refractivity contribution in [1.29, 1.82) is 0 Å². The summed E-state index contributed by atoms with van der Waals surface area (Å²) in [4.78, 5) is 0. The van der Waals surface area contributed by atoms with Crippen LogP contribution in [0, 0.1) is 0 Å². The molecule has 5 heteroatoms. The van der Waals surface area contributed by atoms with Gasteiger partial charge in [-0.05, 0) is 0 Å². The van der Waals surface area contributed by atoms with Crippen molar-refractivity contribution in [3.63, 3.8) is 0 Å². The summed E-state index contributed by atoms with van der Waals surface area (Å²) in [5.41, 5.74) is 0. The SMILES string of the molecule is CCC[Si]1(C2=C[C](CC)([Hf+2][C]3(CC)C=CC([Si]4(CCC)CCC4)=C3)C=C2)CCC1.[Cl-].[Cl-]. The maximum atomic E-state index is 2.89. The molecule has 0 bridgehead atoms.